The molecule has 9 heteroatoms. The number of thioether (sulfide) groups is 1. The van der Waals surface area contributed by atoms with Gasteiger partial charge in [0.2, 0.25) is 0 Å². The van der Waals surface area contributed by atoms with E-state index in [1.54, 1.807) is 17.0 Å². The molecule has 0 fully saturated rings. The predicted molar refractivity (Wildman–Crippen MR) is 67.9 cm³/mol. The summed E-state index contributed by atoms with van der Waals surface area (Å²) in [6.07, 6.45) is 3.18. The van der Waals surface area contributed by atoms with Crippen molar-refractivity contribution in [3.8, 4) is 0 Å². The Morgan fingerprint density at radius 3 is 2.94 bits per heavy atom. The van der Waals surface area contributed by atoms with E-state index >= 15 is 0 Å². The number of hydrazine groups is 1. The van der Waals surface area contributed by atoms with Gasteiger partial charge in [-0.2, -0.15) is 0 Å². The minimum Gasteiger partial charge on any atom is -0.307 e. The summed E-state index contributed by atoms with van der Waals surface area (Å²) >= 11 is 1.43. The molecule has 2 aromatic heterocycles. The van der Waals surface area contributed by atoms with Gasteiger partial charge in [0.15, 0.2) is 11.0 Å². The summed E-state index contributed by atoms with van der Waals surface area (Å²) in [6.45, 7) is 2.47. The molecule has 0 aliphatic rings. The van der Waals surface area contributed by atoms with Crippen LogP contribution in [0.3, 0.4) is 0 Å². The van der Waals surface area contributed by atoms with Gasteiger partial charge in [-0.3, -0.25) is 9.55 Å². The second kappa shape index (κ2) is 5.65. The smallest absolute Gasteiger partial charge is 0.307 e. The highest BCUT2D eigenvalue weighted by Crippen LogP contribution is 2.18. The van der Waals surface area contributed by atoms with Crippen molar-refractivity contribution in [2.45, 2.75) is 24.4 Å². The number of aromatic nitrogens is 5. The van der Waals surface area contributed by atoms with E-state index < -0.39 is 0 Å². The highest BCUT2D eigenvalue weighted by molar-refractivity contribution is 7.98. The van der Waals surface area contributed by atoms with Crippen LogP contribution in [0.15, 0.2) is 22.3 Å². The number of nitrogens with one attached hydrogen (secondary N) is 2. The summed E-state index contributed by atoms with van der Waals surface area (Å²) in [5.74, 6) is 6.29. The molecule has 0 aromatic carbocycles. The zero-order valence-corrected chi connectivity index (χ0v) is 10.6. The van der Waals surface area contributed by atoms with Crippen LogP contribution in [-0.4, -0.2) is 24.7 Å². The van der Waals surface area contributed by atoms with Gasteiger partial charge in [-0.25, -0.2) is 20.7 Å². The molecule has 0 unspecified atom stereocenters. The summed E-state index contributed by atoms with van der Waals surface area (Å²) in [6, 6.07) is 0. The Bertz CT molecular complexity index is 561. The van der Waals surface area contributed by atoms with Crippen molar-refractivity contribution >= 4 is 17.6 Å². The number of anilines is 1. The number of nitrogens with two attached hydrogens (primary N) is 1. The molecule has 0 radical (unpaired) electrons. The second-order valence-corrected chi connectivity index (χ2v) is 4.32. The van der Waals surface area contributed by atoms with Crippen LogP contribution in [0.1, 0.15) is 12.6 Å². The SMILES string of the molecule is CCn1c(SCc2cnc(NN)cn2)n[nH]c1=O. The van der Waals surface area contributed by atoms with Gasteiger partial charge in [0.05, 0.1) is 18.1 Å². The first-order valence-electron chi connectivity index (χ1n) is 5.30. The first-order chi connectivity index (χ1) is 8.74. The molecule has 0 atom stereocenters. The summed E-state index contributed by atoms with van der Waals surface area (Å²) in [5.41, 5.74) is 3.00. The lowest BCUT2D eigenvalue weighted by atomic mass is 10.5. The van der Waals surface area contributed by atoms with E-state index in [9.17, 15) is 4.79 Å². The van der Waals surface area contributed by atoms with Crippen molar-refractivity contribution in [3.05, 3.63) is 28.6 Å². The molecule has 18 heavy (non-hydrogen) atoms. The Kier molecular flexibility index (Phi) is 3.95. The van der Waals surface area contributed by atoms with E-state index in [-0.39, 0.29) is 5.69 Å². The number of H-pyrrole nitrogens is 1. The van der Waals surface area contributed by atoms with E-state index in [4.69, 9.17) is 5.84 Å². The average molecular weight is 267 g/mol. The van der Waals surface area contributed by atoms with Gasteiger partial charge in [-0.05, 0) is 6.92 Å². The van der Waals surface area contributed by atoms with Crippen molar-refractivity contribution in [2.24, 2.45) is 5.84 Å². The van der Waals surface area contributed by atoms with Crippen LogP contribution in [0.5, 0.6) is 0 Å². The lowest BCUT2D eigenvalue weighted by molar-refractivity contribution is 0.660. The molecule has 0 saturated heterocycles. The van der Waals surface area contributed by atoms with Gasteiger partial charge in [0, 0.05) is 12.3 Å². The highest BCUT2D eigenvalue weighted by Gasteiger charge is 2.07. The molecule has 2 rings (SSSR count). The fourth-order valence-electron chi connectivity index (χ4n) is 1.33. The van der Waals surface area contributed by atoms with Gasteiger partial charge in [-0.1, -0.05) is 11.8 Å². The minimum atomic E-state index is -0.200. The Hall–Kier alpha value is -1.87. The quantitative estimate of drug-likeness (QED) is 0.395. The number of nitrogen functional groups attached to an aromatic ring is 1. The van der Waals surface area contributed by atoms with E-state index in [1.807, 2.05) is 6.92 Å². The molecule has 0 bridgehead atoms. The Morgan fingerprint density at radius 1 is 1.50 bits per heavy atom. The topological polar surface area (TPSA) is 115 Å². The number of rotatable bonds is 5. The van der Waals surface area contributed by atoms with E-state index in [0.717, 1.165) is 5.69 Å². The van der Waals surface area contributed by atoms with Crippen LogP contribution in [0.25, 0.3) is 0 Å². The van der Waals surface area contributed by atoms with Gasteiger partial charge in [0.25, 0.3) is 0 Å². The fraction of sp³-hybridized carbons (Fsp3) is 0.333. The molecule has 2 aromatic rings. The largest absolute Gasteiger partial charge is 0.343 e. The number of aromatic amines is 1. The summed E-state index contributed by atoms with van der Waals surface area (Å²) in [4.78, 5) is 19.6. The molecule has 4 N–H and O–H groups in total. The average Bonchev–Trinajstić information content (AvgIpc) is 2.77. The monoisotopic (exact) mass is 267 g/mol. The summed E-state index contributed by atoms with van der Waals surface area (Å²) in [5, 5.41) is 7.00. The zero-order valence-electron chi connectivity index (χ0n) is 9.75. The Labute approximate surface area is 107 Å². The van der Waals surface area contributed by atoms with Crippen LogP contribution < -0.4 is 17.0 Å². The molecule has 0 spiro atoms. The molecule has 2 heterocycles. The molecular formula is C9H13N7OS. The lowest BCUT2D eigenvalue weighted by Gasteiger charge is -2.02. The standard InChI is InChI=1S/C9H13N7OS/c1-2-16-8(17)14-15-9(16)18-5-6-3-12-7(13-10)4-11-6/h3-4H,2,5,10H2,1H3,(H,12,13)(H,14,17). The molecule has 0 aliphatic carbocycles. The van der Waals surface area contributed by atoms with Crippen molar-refractivity contribution in [2.75, 3.05) is 5.43 Å². The molecule has 0 saturated carbocycles. The number of hydrogen-bond acceptors (Lipinski definition) is 7. The third kappa shape index (κ3) is 2.68. The van der Waals surface area contributed by atoms with E-state index in [2.05, 4.69) is 25.6 Å². The Morgan fingerprint density at radius 2 is 2.33 bits per heavy atom. The Balaban J connectivity index is 2.04. The number of nitrogens with zero attached hydrogens (tertiary/aromatic N) is 4. The van der Waals surface area contributed by atoms with Crippen molar-refractivity contribution in [1.82, 2.24) is 24.7 Å². The summed E-state index contributed by atoms with van der Waals surface area (Å²) in [7, 11) is 0. The van der Waals surface area contributed by atoms with Crippen molar-refractivity contribution in [3.63, 3.8) is 0 Å². The second-order valence-electron chi connectivity index (χ2n) is 3.38. The van der Waals surface area contributed by atoms with Gasteiger partial charge in [-0.15, -0.1) is 5.10 Å². The lowest BCUT2D eigenvalue weighted by Crippen LogP contribution is -2.16. The summed E-state index contributed by atoms with van der Waals surface area (Å²) < 4.78 is 1.56. The predicted octanol–water partition coefficient (Wildman–Crippen LogP) is -0.0408. The third-order valence-electron chi connectivity index (χ3n) is 2.24. The van der Waals surface area contributed by atoms with Gasteiger partial charge >= 0.3 is 5.69 Å². The molecule has 96 valence electrons. The van der Waals surface area contributed by atoms with Crippen LogP contribution >= 0.6 is 11.8 Å². The molecule has 0 aliphatic heterocycles. The van der Waals surface area contributed by atoms with Crippen LogP contribution in [0, 0.1) is 0 Å². The van der Waals surface area contributed by atoms with Gasteiger partial charge in [0.1, 0.15) is 0 Å². The normalized spacial score (nSPS) is 10.6. The fourth-order valence-corrected chi connectivity index (χ4v) is 2.24. The maximum Gasteiger partial charge on any atom is 0.343 e. The van der Waals surface area contributed by atoms with Crippen LogP contribution in [0.4, 0.5) is 5.82 Å². The van der Waals surface area contributed by atoms with Crippen LogP contribution in [-0.2, 0) is 12.3 Å². The maximum atomic E-state index is 11.3. The first-order valence-corrected chi connectivity index (χ1v) is 6.28. The third-order valence-corrected chi connectivity index (χ3v) is 3.25. The van der Waals surface area contributed by atoms with E-state index in [1.165, 1.54) is 11.8 Å². The first kappa shape index (κ1) is 12.6. The highest BCUT2D eigenvalue weighted by atomic mass is 32.2. The molecule has 8 nitrogen and oxygen atoms in total. The van der Waals surface area contributed by atoms with Crippen molar-refractivity contribution in [1.29, 1.82) is 0 Å². The number of hydrogen-bond donors (Lipinski definition) is 3. The van der Waals surface area contributed by atoms with E-state index in [0.29, 0.717) is 23.3 Å². The molecule has 0 amide bonds. The maximum absolute atomic E-state index is 11.3. The van der Waals surface area contributed by atoms with Crippen LogP contribution in [0.2, 0.25) is 0 Å². The molecular weight excluding hydrogens is 254 g/mol. The van der Waals surface area contributed by atoms with Gasteiger partial charge < -0.3 is 5.43 Å². The zero-order chi connectivity index (χ0) is 13.0. The van der Waals surface area contributed by atoms with Crippen molar-refractivity contribution < 1.29 is 0 Å². The minimum absolute atomic E-state index is 0.200.